The van der Waals surface area contributed by atoms with Crippen LogP contribution in [0.5, 0.6) is 5.75 Å². The molecule has 3 aromatic rings. The van der Waals surface area contributed by atoms with Gasteiger partial charge >= 0.3 is 0 Å². The van der Waals surface area contributed by atoms with Crippen molar-refractivity contribution in [3.05, 3.63) is 64.7 Å². The number of aryl methyl sites for hydroxylation is 1. The molecular formula is C21H22ClFN4O2S. The van der Waals surface area contributed by atoms with Crippen molar-refractivity contribution in [3.8, 4) is 5.75 Å². The number of carbonyl (C=O) groups excluding carboxylic acids is 1. The Labute approximate surface area is 183 Å². The highest BCUT2D eigenvalue weighted by atomic mass is 35.5. The number of anilines is 1. The minimum absolute atomic E-state index is 0.154. The highest BCUT2D eigenvalue weighted by Gasteiger charge is 2.20. The summed E-state index contributed by atoms with van der Waals surface area (Å²) >= 11 is 7.29. The monoisotopic (exact) mass is 448 g/mol. The van der Waals surface area contributed by atoms with E-state index in [0.29, 0.717) is 28.2 Å². The van der Waals surface area contributed by atoms with Crippen LogP contribution in [0.1, 0.15) is 31.3 Å². The van der Waals surface area contributed by atoms with Crippen LogP contribution in [0.25, 0.3) is 0 Å². The van der Waals surface area contributed by atoms with Crippen molar-refractivity contribution >= 4 is 35.0 Å². The van der Waals surface area contributed by atoms with E-state index >= 15 is 0 Å². The SMILES string of the molecule is CCn1c(SCC(=O)Nc2ccc(F)cc2)nnc1C(C)Oc1ccc(Cl)cc1C. The quantitative estimate of drug-likeness (QED) is 0.475. The van der Waals surface area contributed by atoms with Crippen molar-refractivity contribution in [2.75, 3.05) is 11.1 Å². The first kappa shape index (κ1) is 22.1. The van der Waals surface area contributed by atoms with E-state index in [9.17, 15) is 9.18 Å². The summed E-state index contributed by atoms with van der Waals surface area (Å²) in [5.74, 6) is 0.996. The van der Waals surface area contributed by atoms with Crippen LogP contribution in [0.3, 0.4) is 0 Å². The topological polar surface area (TPSA) is 69.0 Å². The number of nitrogens with one attached hydrogen (secondary N) is 1. The van der Waals surface area contributed by atoms with Gasteiger partial charge in [0, 0.05) is 17.3 Å². The van der Waals surface area contributed by atoms with E-state index in [0.717, 1.165) is 11.3 Å². The van der Waals surface area contributed by atoms with Crippen molar-refractivity contribution in [2.24, 2.45) is 0 Å². The van der Waals surface area contributed by atoms with Gasteiger partial charge in [-0.3, -0.25) is 4.79 Å². The number of nitrogens with zero attached hydrogens (tertiary/aromatic N) is 3. The van der Waals surface area contributed by atoms with Gasteiger partial charge in [0.15, 0.2) is 17.1 Å². The first-order chi connectivity index (χ1) is 14.4. The number of thioether (sulfide) groups is 1. The van der Waals surface area contributed by atoms with Crippen LogP contribution >= 0.6 is 23.4 Å². The Morgan fingerprint density at radius 2 is 2.00 bits per heavy atom. The van der Waals surface area contributed by atoms with Crippen LogP contribution in [0.15, 0.2) is 47.6 Å². The van der Waals surface area contributed by atoms with Gasteiger partial charge < -0.3 is 14.6 Å². The Bertz CT molecular complexity index is 1030. The Morgan fingerprint density at radius 1 is 1.27 bits per heavy atom. The number of hydrogen-bond donors (Lipinski definition) is 1. The van der Waals surface area contributed by atoms with Crippen LogP contribution in [0, 0.1) is 12.7 Å². The lowest BCUT2D eigenvalue weighted by Gasteiger charge is -2.17. The maximum atomic E-state index is 13.0. The van der Waals surface area contributed by atoms with Crippen LogP contribution in [-0.2, 0) is 11.3 Å². The van der Waals surface area contributed by atoms with Crippen molar-refractivity contribution in [2.45, 2.75) is 38.6 Å². The summed E-state index contributed by atoms with van der Waals surface area (Å²) < 4.78 is 20.9. The summed E-state index contributed by atoms with van der Waals surface area (Å²) in [6, 6.07) is 11.1. The Morgan fingerprint density at radius 3 is 2.67 bits per heavy atom. The summed E-state index contributed by atoms with van der Waals surface area (Å²) in [5, 5.41) is 12.5. The number of benzene rings is 2. The maximum Gasteiger partial charge on any atom is 0.234 e. The molecule has 1 heterocycles. The van der Waals surface area contributed by atoms with Gasteiger partial charge in [0.05, 0.1) is 5.75 Å². The third-order valence-corrected chi connectivity index (χ3v) is 5.53. The van der Waals surface area contributed by atoms with E-state index in [2.05, 4.69) is 15.5 Å². The Kier molecular flexibility index (Phi) is 7.33. The average Bonchev–Trinajstić information content (AvgIpc) is 3.13. The third-order valence-electron chi connectivity index (χ3n) is 4.33. The summed E-state index contributed by atoms with van der Waals surface area (Å²) in [6.45, 7) is 6.45. The minimum Gasteiger partial charge on any atom is -0.482 e. The fraction of sp³-hybridized carbons (Fsp3) is 0.286. The van der Waals surface area contributed by atoms with Crippen LogP contribution in [-0.4, -0.2) is 26.4 Å². The van der Waals surface area contributed by atoms with Crippen LogP contribution in [0.4, 0.5) is 10.1 Å². The molecule has 0 spiro atoms. The molecule has 0 fully saturated rings. The van der Waals surface area contributed by atoms with Crippen LogP contribution < -0.4 is 10.1 Å². The standard InChI is InChI=1S/C21H22ClFN4O2S/c1-4-27-20(14(3)29-18-10-5-15(22)11-13(18)2)25-26-21(27)30-12-19(28)24-17-8-6-16(23)7-9-17/h5-11,14H,4,12H2,1-3H3,(H,24,28). The lowest BCUT2D eigenvalue weighted by atomic mass is 10.2. The zero-order chi connectivity index (χ0) is 21.7. The number of amides is 1. The third kappa shape index (κ3) is 5.52. The van der Waals surface area contributed by atoms with Gasteiger partial charge in [0.2, 0.25) is 5.91 Å². The average molecular weight is 449 g/mol. The molecule has 2 aromatic carbocycles. The number of halogens is 2. The normalized spacial score (nSPS) is 11.9. The summed E-state index contributed by atoms with van der Waals surface area (Å²) in [7, 11) is 0. The highest BCUT2D eigenvalue weighted by molar-refractivity contribution is 7.99. The molecule has 0 aliphatic heterocycles. The van der Waals surface area contributed by atoms with Gasteiger partial charge in [-0.2, -0.15) is 0 Å². The highest BCUT2D eigenvalue weighted by Crippen LogP contribution is 2.28. The molecule has 9 heteroatoms. The van der Waals surface area contributed by atoms with E-state index in [4.69, 9.17) is 16.3 Å². The molecule has 158 valence electrons. The Balaban J connectivity index is 1.64. The minimum atomic E-state index is -0.351. The molecule has 0 aliphatic rings. The molecule has 0 bridgehead atoms. The second kappa shape index (κ2) is 9.95. The maximum absolute atomic E-state index is 13.0. The molecule has 3 rings (SSSR count). The predicted molar refractivity (Wildman–Crippen MR) is 117 cm³/mol. The zero-order valence-electron chi connectivity index (χ0n) is 16.9. The Hall–Kier alpha value is -2.58. The zero-order valence-corrected chi connectivity index (χ0v) is 18.4. The molecule has 1 unspecified atom stereocenters. The lowest BCUT2D eigenvalue weighted by Crippen LogP contribution is -2.15. The van der Waals surface area contributed by atoms with Crippen molar-refractivity contribution in [1.82, 2.24) is 14.8 Å². The molecule has 1 atom stereocenters. The first-order valence-corrected chi connectivity index (χ1v) is 10.8. The molecular weight excluding hydrogens is 427 g/mol. The van der Waals surface area contributed by atoms with Gasteiger partial charge in [-0.1, -0.05) is 23.4 Å². The molecule has 0 saturated carbocycles. The van der Waals surface area contributed by atoms with E-state index in [1.165, 1.54) is 36.0 Å². The van der Waals surface area contributed by atoms with E-state index in [1.54, 1.807) is 6.07 Å². The van der Waals surface area contributed by atoms with E-state index in [1.807, 2.05) is 37.5 Å². The van der Waals surface area contributed by atoms with Gasteiger partial charge in [-0.15, -0.1) is 10.2 Å². The summed E-state index contributed by atoms with van der Waals surface area (Å²) in [5.41, 5.74) is 1.48. The molecule has 30 heavy (non-hydrogen) atoms. The molecule has 1 N–H and O–H groups in total. The second-order valence-electron chi connectivity index (χ2n) is 6.60. The molecule has 1 aromatic heterocycles. The fourth-order valence-corrected chi connectivity index (χ4v) is 3.89. The van der Waals surface area contributed by atoms with E-state index < -0.39 is 0 Å². The van der Waals surface area contributed by atoms with Gasteiger partial charge in [0.25, 0.3) is 0 Å². The second-order valence-corrected chi connectivity index (χ2v) is 7.98. The van der Waals surface area contributed by atoms with Crippen LogP contribution in [0.2, 0.25) is 5.02 Å². The summed E-state index contributed by atoms with van der Waals surface area (Å²) in [6.07, 6.45) is -0.334. The number of aromatic nitrogens is 3. The number of rotatable bonds is 8. The smallest absolute Gasteiger partial charge is 0.234 e. The number of hydrogen-bond acceptors (Lipinski definition) is 5. The molecule has 0 radical (unpaired) electrons. The fourth-order valence-electron chi connectivity index (χ4n) is 2.85. The van der Waals surface area contributed by atoms with Crippen molar-refractivity contribution in [1.29, 1.82) is 0 Å². The number of carbonyl (C=O) groups is 1. The largest absolute Gasteiger partial charge is 0.482 e. The molecule has 0 saturated heterocycles. The molecule has 0 aliphatic carbocycles. The van der Waals surface area contributed by atoms with Gasteiger partial charge in [-0.25, -0.2) is 4.39 Å². The first-order valence-electron chi connectivity index (χ1n) is 9.41. The lowest BCUT2D eigenvalue weighted by molar-refractivity contribution is -0.113. The molecule has 6 nitrogen and oxygen atoms in total. The van der Waals surface area contributed by atoms with Gasteiger partial charge in [0.1, 0.15) is 11.6 Å². The van der Waals surface area contributed by atoms with E-state index in [-0.39, 0.29) is 23.6 Å². The molecule has 1 amide bonds. The van der Waals surface area contributed by atoms with Crippen molar-refractivity contribution in [3.63, 3.8) is 0 Å². The predicted octanol–water partition coefficient (Wildman–Crippen LogP) is 5.27. The summed E-state index contributed by atoms with van der Waals surface area (Å²) in [4.78, 5) is 12.2. The number of ether oxygens (including phenoxy) is 1. The van der Waals surface area contributed by atoms with Crippen molar-refractivity contribution < 1.29 is 13.9 Å². The van der Waals surface area contributed by atoms with Gasteiger partial charge in [-0.05, 0) is 68.8 Å².